The van der Waals surface area contributed by atoms with Crippen molar-refractivity contribution in [2.75, 3.05) is 11.1 Å². The van der Waals surface area contributed by atoms with Crippen LogP contribution in [-0.2, 0) is 6.54 Å². The van der Waals surface area contributed by atoms with Crippen molar-refractivity contribution in [3.05, 3.63) is 58.7 Å². The molecule has 0 aliphatic carbocycles. The lowest BCUT2D eigenvalue weighted by Gasteiger charge is -2.13. The summed E-state index contributed by atoms with van der Waals surface area (Å²) in [5, 5.41) is 3.41. The molecule has 2 aromatic carbocycles. The van der Waals surface area contributed by atoms with E-state index in [1.54, 1.807) is 0 Å². The molecule has 3 N–H and O–H groups in total. The van der Waals surface area contributed by atoms with Gasteiger partial charge in [-0.1, -0.05) is 24.3 Å². The molecular formula is C16H20N2. The van der Waals surface area contributed by atoms with Crippen molar-refractivity contribution < 1.29 is 0 Å². The SMILES string of the molecule is Cc1cc(N)c(NCc2ccccc2C)cc1C. The topological polar surface area (TPSA) is 38.0 Å². The van der Waals surface area contributed by atoms with Crippen LogP contribution in [0.2, 0.25) is 0 Å². The number of rotatable bonds is 3. The summed E-state index contributed by atoms with van der Waals surface area (Å²) >= 11 is 0. The Morgan fingerprint density at radius 3 is 2.33 bits per heavy atom. The molecule has 0 heterocycles. The lowest BCUT2D eigenvalue weighted by molar-refractivity contribution is 1.12. The maximum Gasteiger partial charge on any atom is 0.0579 e. The van der Waals surface area contributed by atoms with E-state index in [1.807, 2.05) is 6.07 Å². The molecule has 0 unspecified atom stereocenters. The number of aryl methyl sites for hydroxylation is 3. The van der Waals surface area contributed by atoms with Gasteiger partial charge >= 0.3 is 0 Å². The van der Waals surface area contributed by atoms with Gasteiger partial charge in [0.25, 0.3) is 0 Å². The predicted octanol–water partition coefficient (Wildman–Crippen LogP) is 3.81. The Kier molecular flexibility index (Phi) is 3.56. The Hall–Kier alpha value is -1.96. The Balaban J connectivity index is 2.16. The number of nitrogen functional groups attached to an aromatic ring is 1. The van der Waals surface area contributed by atoms with Crippen molar-refractivity contribution in [2.45, 2.75) is 27.3 Å². The average Bonchev–Trinajstić information content (AvgIpc) is 2.34. The van der Waals surface area contributed by atoms with E-state index >= 15 is 0 Å². The summed E-state index contributed by atoms with van der Waals surface area (Å²) < 4.78 is 0. The molecule has 0 atom stereocenters. The van der Waals surface area contributed by atoms with Gasteiger partial charge in [0.2, 0.25) is 0 Å². The normalized spacial score (nSPS) is 10.4. The Labute approximate surface area is 109 Å². The molecule has 2 nitrogen and oxygen atoms in total. The van der Waals surface area contributed by atoms with Gasteiger partial charge in [-0.05, 0) is 55.2 Å². The predicted molar refractivity (Wildman–Crippen MR) is 78.8 cm³/mol. The molecule has 0 saturated heterocycles. The molecular weight excluding hydrogens is 220 g/mol. The first-order valence-corrected chi connectivity index (χ1v) is 6.23. The van der Waals surface area contributed by atoms with Crippen molar-refractivity contribution in [1.82, 2.24) is 0 Å². The highest BCUT2D eigenvalue weighted by Crippen LogP contribution is 2.23. The first kappa shape index (κ1) is 12.5. The Bertz CT molecular complexity index is 559. The van der Waals surface area contributed by atoms with Gasteiger partial charge in [-0.2, -0.15) is 0 Å². The number of hydrogen-bond acceptors (Lipinski definition) is 2. The van der Waals surface area contributed by atoms with Crippen molar-refractivity contribution in [2.24, 2.45) is 0 Å². The van der Waals surface area contributed by atoms with E-state index in [2.05, 4.69) is 56.4 Å². The standard InChI is InChI=1S/C16H20N2/c1-11-6-4-5-7-14(11)10-18-16-9-13(3)12(2)8-15(16)17/h4-9,18H,10,17H2,1-3H3. The molecule has 0 saturated carbocycles. The molecule has 0 radical (unpaired) electrons. The smallest absolute Gasteiger partial charge is 0.0579 e. The van der Waals surface area contributed by atoms with Gasteiger partial charge in [-0.3, -0.25) is 0 Å². The molecule has 2 heteroatoms. The summed E-state index contributed by atoms with van der Waals surface area (Å²) in [4.78, 5) is 0. The summed E-state index contributed by atoms with van der Waals surface area (Å²) in [6.07, 6.45) is 0. The Morgan fingerprint density at radius 1 is 0.944 bits per heavy atom. The van der Waals surface area contributed by atoms with Crippen LogP contribution < -0.4 is 11.1 Å². The highest BCUT2D eigenvalue weighted by Gasteiger charge is 2.03. The van der Waals surface area contributed by atoms with Crippen LogP contribution in [0.25, 0.3) is 0 Å². The van der Waals surface area contributed by atoms with E-state index in [0.29, 0.717) is 0 Å². The number of benzene rings is 2. The molecule has 0 aliphatic rings. The second-order valence-corrected chi connectivity index (χ2v) is 4.80. The van der Waals surface area contributed by atoms with Crippen LogP contribution in [0, 0.1) is 20.8 Å². The van der Waals surface area contributed by atoms with Gasteiger partial charge in [0.05, 0.1) is 11.4 Å². The molecule has 2 rings (SSSR count). The van der Waals surface area contributed by atoms with Gasteiger partial charge < -0.3 is 11.1 Å². The Morgan fingerprint density at radius 2 is 1.61 bits per heavy atom. The largest absolute Gasteiger partial charge is 0.397 e. The van der Waals surface area contributed by atoms with Crippen LogP contribution in [0.4, 0.5) is 11.4 Å². The summed E-state index contributed by atoms with van der Waals surface area (Å²) in [6, 6.07) is 12.5. The number of hydrogen-bond donors (Lipinski definition) is 2. The molecule has 0 bridgehead atoms. The molecule has 0 fully saturated rings. The van der Waals surface area contributed by atoms with Crippen molar-refractivity contribution >= 4 is 11.4 Å². The van der Waals surface area contributed by atoms with E-state index in [4.69, 9.17) is 5.73 Å². The lowest BCUT2D eigenvalue weighted by Crippen LogP contribution is -2.04. The van der Waals surface area contributed by atoms with E-state index in [1.165, 1.54) is 22.3 Å². The minimum atomic E-state index is 0.805. The first-order valence-electron chi connectivity index (χ1n) is 6.23. The number of anilines is 2. The van der Waals surface area contributed by atoms with Crippen molar-refractivity contribution in [3.8, 4) is 0 Å². The van der Waals surface area contributed by atoms with Crippen LogP contribution in [0.3, 0.4) is 0 Å². The van der Waals surface area contributed by atoms with Crippen LogP contribution in [0.15, 0.2) is 36.4 Å². The molecule has 94 valence electrons. The second kappa shape index (κ2) is 5.13. The quantitative estimate of drug-likeness (QED) is 0.801. The van der Waals surface area contributed by atoms with Gasteiger partial charge in [-0.15, -0.1) is 0 Å². The first-order chi connectivity index (χ1) is 8.58. The molecule has 2 aromatic rings. The zero-order chi connectivity index (χ0) is 13.1. The highest BCUT2D eigenvalue weighted by molar-refractivity contribution is 5.68. The number of nitrogens with two attached hydrogens (primary N) is 1. The summed E-state index contributed by atoms with van der Waals surface area (Å²) in [5.41, 5.74) is 12.9. The van der Waals surface area contributed by atoms with Crippen LogP contribution in [-0.4, -0.2) is 0 Å². The molecule has 0 spiro atoms. The summed E-state index contributed by atoms with van der Waals surface area (Å²) in [6.45, 7) is 7.12. The molecule has 18 heavy (non-hydrogen) atoms. The summed E-state index contributed by atoms with van der Waals surface area (Å²) in [5.74, 6) is 0. The van der Waals surface area contributed by atoms with E-state index in [9.17, 15) is 0 Å². The fourth-order valence-electron chi connectivity index (χ4n) is 1.99. The monoisotopic (exact) mass is 240 g/mol. The maximum atomic E-state index is 6.03. The van der Waals surface area contributed by atoms with E-state index in [0.717, 1.165) is 17.9 Å². The zero-order valence-corrected chi connectivity index (χ0v) is 11.2. The average molecular weight is 240 g/mol. The third kappa shape index (κ3) is 2.65. The molecule has 0 aromatic heterocycles. The molecule has 0 amide bonds. The van der Waals surface area contributed by atoms with Gasteiger partial charge in [0.1, 0.15) is 0 Å². The van der Waals surface area contributed by atoms with E-state index < -0.39 is 0 Å². The fraction of sp³-hybridized carbons (Fsp3) is 0.250. The van der Waals surface area contributed by atoms with Gasteiger partial charge in [0, 0.05) is 6.54 Å². The highest BCUT2D eigenvalue weighted by atomic mass is 14.9. The summed E-state index contributed by atoms with van der Waals surface area (Å²) in [7, 11) is 0. The van der Waals surface area contributed by atoms with Crippen LogP contribution in [0.5, 0.6) is 0 Å². The third-order valence-corrected chi connectivity index (χ3v) is 3.40. The van der Waals surface area contributed by atoms with Crippen LogP contribution >= 0.6 is 0 Å². The molecule has 0 aliphatic heterocycles. The van der Waals surface area contributed by atoms with Crippen LogP contribution in [0.1, 0.15) is 22.3 Å². The van der Waals surface area contributed by atoms with Crippen molar-refractivity contribution in [1.29, 1.82) is 0 Å². The minimum absolute atomic E-state index is 0.805. The lowest BCUT2D eigenvalue weighted by atomic mass is 10.1. The van der Waals surface area contributed by atoms with Crippen molar-refractivity contribution in [3.63, 3.8) is 0 Å². The maximum absolute atomic E-state index is 6.03. The minimum Gasteiger partial charge on any atom is -0.397 e. The zero-order valence-electron chi connectivity index (χ0n) is 11.2. The van der Waals surface area contributed by atoms with Gasteiger partial charge in [0.15, 0.2) is 0 Å². The van der Waals surface area contributed by atoms with Gasteiger partial charge in [-0.25, -0.2) is 0 Å². The number of nitrogens with one attached hydrogen (secondary N) is 1. The van der Waals surface area contributed by atoms with E-state index in [-0.39, 0.29) is 0 Å². The second-order valence-electron chi connectivity index (χ2n) is 4.80. The fourth-order valence-corrected chi connectivity index (χ4v) is 1.99. The third-order valence-electron chi connectivity index (χ3n) is 3.40.